The standard InChI is InChI=1S/C16H18N4O3/c1-9-7-10(2)20(19-9)11(3)16(22)18-13-6-4-5-12-15(13)23-8-14(21)17-12/h4-7,11H,8H2,1-3H3,(H,17,21)(H,18,22). The van der Waals surface area contributed by atoms with Gasteiger partial charge in [0.2, 0.25) is 5.91 Å². The van der Waals surface area contributed by atoms with Crippen LogP contribution in [0.5, 0.6) is 5.75 Å². The maximum atomic E-state index is 12.5. The first-order valence-electron chi connectivity index (χ1n) is 7.35. The molecule has 0 fully saturated rings. The number of hydrogen-bond acceptors (Lipinski definition) is 4. The number of carbonyl (C=O) groups excluding carboxylic acids is 2. The third kappa shape index (κ3) is 2.90. The van der Waals surface area contributed by atoms with Gasteiger partial charge in [0.15, 0.2) is 12.4 Å². The summed E-state index contributed by atoms with van der Waals surface area (Å²) >= 11 is 0. The van der Waals surface area contributed by atoms with Gasteiger partial charge in [0.05, 0.1) is 17.1 Å². The summed E-state index contributed by atoms with van der Waals surface area (Å²) in [6.45, 7) is 5.52. The fourth-order valence-corrected chi connectivity index (χ4v) is 2.60. The largest absolute Gasteiger partial charge is 0.479 e. The van der Waals surface area contributed by atoms with Gasteiger partial charge in [-0.05, 0) is 39.0 Å². The average Bonchev–Trinajstić information content (AvgIpc) is 2.85. The van der Waals surface area contributed by atoms with Crippen molar-refractivity contribution < 1.29 is 14.3 Å². The number of benzene rings is 1. The number of aryl methyl sites for hydroxylation is 2. The van der Waals surface area contributed by atoms with Crippen LogP contribution in [0.3, 0.4) is 0 Å². The summed E-state index contributed by atoms with van der Waals surface area (Å²) in [5.74, 6) is 0.0584. The lowest BCUT2D eigenvalue weighted by Gasteiger charge is -2.22. The van der Waals surface area contributed by atoms with Crippen molar-refractivity contribution in [2.24, 2.45) is 0 Å². The minimum absolute atomic E-state index is 0.0626. The van der Waals surface area contributed by atoms with E-state index >= 15 is 0 Å². The van der Waals surface area contributed by atoms with E-state index in [9.17, 15) is 9.59 Å². The predicted molar refractivity (Wildman–Crippen MR) is 85.6 cm³/mol. The Labute approximate surface area is 133 Å². The second-order valence-corrected chi connectivity index (χ2v) is 5.56. The van der Waals surface area contributed by atoms with Crippen molar-refractivity contribution in [2.45, 2.75) is 26.8 Å². The summed E-state index contributed by atoms with van der Waals surface area (Å²) in [6.07, 6.45) is 0. The normalized spacial score (nSPS) is 14.5. The summed E-state index contributed by atoms with van der Waals surface area (Å²) in [6, 6.07) is 6.68. The summed E-state index contributed by atoms with van der Waals surface area (Å²) in [7, 11) is 0. The Morgan fingerprint density at radius 2 is 2.22 bits per heavy atom. The molecule has 2 heterocycles. The molecule has 1 atom stereocenters. The molecule has 0 bridgehead atoms. The Bertz CT molecular complexity index is 782. The van der Waals surface area contributed by atoms with Crippen LogP contribution in [0.15, 0.2) is 24.3 Å². The Kier molecular flexibility index (Phi) is 3.77. The predicted octanol–water partition coefficient (Wildman–Crippen LogP) is 2.03. The molecule has 0 saturated heterocycles. The average molecular weight is 314 g/mol. The van der Waals surface area contributed by atoms with Crippen molar-refractivity contribution in [2.75, 3.05) is 17.2 Å². The summed E-state index contributed by atoms with van der Waals surface area (Å²) in [4.78, 5) is 23.9. The van der Waals surface area contributed by atoms with Crippen LogP contribution in [0.1, 0.15) is 24.4 Å². The smallest absolute Gasteiger partial charge is 0.262 e. The molecule has 3 rings (SSSR count). The molecule has 7 nitrogen and oxygen atoms in total. The van der Waals surface area contributed by atoms with Crippen molar-refractivity contribution in [3.63, 3.8) is 0 Å². The maximum absolute atomic E-state index is 12.5. The van der Waals surface area contributed by atoms with Crippen LogP contribution in [0, 0.1) is 13.8 Å². The van der Waals surface area contributed by atoms with E-state index in [-0.39, 0.29) is 18.4 Å². The van der Waals surface area contributed by atoms with Crippen LogP contribution >= 0.6 is 0 Å². The minimum atomic E-state index is -0.460. The van der Waals surface area contributed by atoms with Gasteiger partial charge in [-0.3, -0.25) is 14.3 Å². The van der Waals surface area contributed by atoms with E-state index in [1.807, 2.05) is 19.9 Å². The molecule has 7 heteroatoms. The van der Waals surface area contributed by atoms with Crippen LogP contribution in [0.2, 0.25) is 0 Å². The molecular weight excluding hydrogens is 296 g/mol. The molecule has 0 aliphatic carbocycles. The number of hydrogen-bond donors (Lipinski definition) is 2. The van der Waals surface area contributed by atoms with Gasteiger partial charge < -0.3 is 15.4 Å². The molecule has 1 aromatic carbocycles. The van der Waals surface area contributed by atoms with E-state index in [1.165, 1.54) is 0 Å². The zero-order valence-corrected chi connectivity index (χ0v) is 13.2. The maximum Gasteiger partial charge on any atom is 0.262 e. The van der Waals surface area contributed by atoms with Crippen LogP contribution in [-0.4, -0.2) is 28.2 Å². The number of rotatable bonds is 3. The van der Waals surface area contributed by atoms with Crippen molar-refractivity contribution >= 4 is 23.2 Å². The first-order chi connectivity index (χ1) is 11.0. The van der Waals surface area contributed by atoms with Crippen molar-refractivity contribution in [1.82, 2.24) is 9.78 Å². The number of fused-ring (bicyclic) bond motifs is 1. The van der Waals surface area contributed by atoms with Gasteiger partial charge >= 0.3 is 0 Å². The van der Waals surface area contributed by atoms with Crippen molar-refractivity contribution in [3.8, 4) is 5.75 Å². The topological polar surface area (TPSA) is 85.2 Å². The van der Waals surface area contributed by atoms with E-state index in [0.717, 1.165) is 11.4 Å². The summed E-state index contributed by atoms with van der Waals surface area (Å²) < 4.78 is 7.12. The fourth-order valence-electron chi connectivity index (χ4n) is 2.60. The van der Waals surface area contributed by atoms with Gasteiger partial charge in [-0.15, -0.1) is 0 Å². The Morgan fingerprint density at radius 1 is 1.43 bits per heavy atom. The molecule has 0 saturated carbocycles. The van der Waals surface area contributed by atoms with Crippen LogP contribution in [0.25, 0.3) is 0 Å². The molecule has 1 unspecified atom stereocenters. The molecule has 2 aromatic rings. The Morgan fingerprint density at radius 3 is 2.91 bits per heavy atom. The van der Waals surface area contributed by atoms with Crippen molar-refractivity contribution in [1.29, 1.82) is 0 Å². The molecule has 120 valence electrons. The van der Waals surface area contributed by atoms with Gasteiger partial charge in [0, 0.05) is 5.69 Å². The molecule has 2 N–H and O–H groups in total. The van der Waals surface area contributed by atoms with Crippen LogP contribution in [-0.2, 0) is 9.59 Å². The lowest BCUT2D eigenvalue weighted by molar-refractivity contribution is -0.119. The first-order valence-corrected chi connectivity index (χ1v) is 7.35. The molecule has 0 radical (unpaired) electrons. The Balaban J connectivity index is 1.82. The molecule has 0 spiro atoms. The second kappa shape index (κ2) is 5.75. The van der Waals surface area contributed by atoms with Gasteiger partial charge in [-0.2, -0.15) is 5.10 Å². The first kappa shape index (κ1) is 15.1. The number of para-hydroxylation sites is 1. The minimum Gasteiger partial charge on any atom is -0.479 e. The SMILES string of the molecule is Cc1cc(C)n(C(C)C(=O)Nc2cccc3c2OCC(=O)N3)n1. The Hall–Kier alpha value is -2.83. The third-order valence-corrected chi connectivity index (χ3v) is 3.69. The number of amides is 2. The van der Waals surface area contributed by atoms with E-state index in [4.69, 9.17) is 4.74 Å². The molecule has 1 aliphatic rings. The fraction of sp³-hybridized carbons (Fsp3) is 0.312. The molecule has 1 aromatic heterocycles. The van der Waals surface area contributed by atoms with Crippen molar-refractivity contribution in [3.05, 3.63) is 35.7 Å². The number of anilines is 2. The highest BCUT2D eigenvalue weighted by Gasteiger charge is 2.23. The molecule has 1 aliphatic heterocycles. The monoisotopic (exact) mass is 314 g/mol. The molecule has 2 amide bonds. The lowest BCUT2D eigenvalue weighted by atomic mass is 10.2. The third-order valence-electron chi connectivity index (χ3n) is 3.69. The summed E-state index contributed by atoms with van der Waals surface area (Å²) in [5.41, 5.74) is 2.87. The van der Waals surface area contributed by atoms with E-state index in [1.54, 1.807) is 29.8 Å². The van der Waals surface area contributed by atoms with Crippen LogP contribution in [0.4, 0.5) is 11.4 Å². The highest BCUT2D eigenvalue weighted by Crippen LogP contribution is 2.35. The zero-order chi connectivity index (χ0) is 16.6. The highest BCUT2D eigenvalue weighted by atomic mass is 16.5. The van der Waals surface area contributed by atoms with Gasteiger partial charge in [-0.1, -0.05) is 6.07 Å². The van der Waals surface area contributed by atoms with Gasteiger partial charge in [0.25, 0.3) is 5.91 Å². The second-order valence-electron chi connectivity index (χ2n) is 5.56. The van der Waals surface area contributed by atoms with E-state index < -0.39 is 6.04 Å². The number of carbonyl (C=O) groups is 2. The summed E-state index contributed by atoms with van der Waals surface area (Å²) in [5, 5.41) is 9.90. The van der Waals surface area contributed by atoms with Gasteiger partial charge in [-0.25, -0.2) is 0 Å². The number of nitrogens with zero attached hydrogens (tertiary/aromatic N) is 2. The number of nitrogens with one attached hydrogen (secondary N) is 2. The van der Waals surface area contributed by atoms with E-state index in [0.29, 0.717) is 17.1 Å². The van der Waals surface area contributed by atoms with E-state index in [2.05, 4.69) is 15.7 Å². The van der Waals surface area contributed by atoms with Gasteiger partial charge in [0.1, 0.15) is 6.04 Å². The number of ether oxygens (including phenoxy) is 1. The zero-order valence-electron chi connectivity index (χ0n) is 13.2. The highest BCUT2D eigenvalue weighted by molar-refractivity contribution is 6.00. The number of aromatic nitrogens is 2. The van der Waals surface area contributed by atoms with Crippen LogP contribution < -0.4 is 15.4 Å². The molecular formula is C16H18N4O3. The quantitative estimate of drug-likeness (QED) is 0.908. The molecule has 23 heavy (non-hydrogen) atoms. The lowest BCUT2D eigenvalue weighted by Crippen LogP contribution is -2.28.